The number of pyridine rings is 1. The fourth-order valence-electron chi connectivity index (χ4n) is 2.42. The van der Waals surface area contributed by atoms with Crippen molar-refractivity contribution in [2.24, 2.45) is 4.99 Å². The molecule has 2 aromatic rings. The normalized spacial score (nSPS) is 12.1. The molecule has 0 aliphatic carbocycles. The first-order chi connectivity index (χ1) is 12.1. The molecule has 2 rings (SSSR count). The van der Waals surface area contributed by atoms with E-state index >= 15 is 0 Å². The lowest BCUT2D eigenvalue weighted by Gasteiger charge is -2.16. The van der Waals surface area contributed by atoms with Gasteiger partial charge >= 0.3 is 0 Å². The van der Waals surface area contributed by atoms with Crippen molar-refractivity contribution in [1.29, 1.82) is 0 Å². The van der Waals surface area contributed by atoms with Crippen molar-refractivity contribution in [3.05, 3.63) is 59.3 Å². The molecule has 0 aliphatic heterocycles. The van der Waals surface area contributed by atoms with Gasteiger partial charge in [-0.15, -0.1) is 24.0 Å². The molecule has 6 heteroatoms. The summed E-state index contributed by atoms with van der Waals surface area (Å²) in [6, 6.07) is 14.4. The molecule has 0 aliphatic rings. The second-order valence-corrected chi connectivity index (χ2v) is 6.06. The summed E-state index contributed by atoms with van der Waals surface area (Å²) in [6.45, 7) is 8.52. The number of ether oxygens (including phenoxy) is 1. The van der Waals surface area contributed by atoms with E-state index in [0.717, 1.165) is 24.7 Å². The van der Waals surface area contributed by atoms with Gasteiger partial charge in [-0.25, -0.2) is 9.98 Å². The van der Waals surface area contributed by atoms with Gasteiger partial charge in [-0.1, -0.05) is 42.8 Å². The highest BCUT2D eigenvalue weighted by Crippen LogP contribution is 2.14. The van der Waals surface area contributed by atoms with Crippen molar-refractivity contribution in [3.63, 3.8) is 0 Å². The maximum Gasteiger partial charge on any atom is 0.213 e. The standard InChI is InChI=1S/C20H28N4O.HI/c1-5-21-20(23-14-18-7-6-8-19(24-18)25-4)22-13-16(3)17-11-9-15(2)10-12-17;/h6-12,16H,5,13-14H2,1-4H3,(H2,21,22,23);1H. The Balaban J connectivity index is 0.00000338. The van der Waals surface area contributed by atoms with Crippen LogP contribution < -0.4 is 15.4 Å². The van der Waals surface area contributed by atoms with Crippen molar-refractivity contribution in [1.82, 2.24) is 15.6 Å². The Morgan fingerprint density at radius 2 is 1.88 bits per heavy atom. The van der Waals surface area contributed by atoms with Gasteiger partial charge in [0.25, 0.3) is 0 Å². The predicted octanol–water partition coefficient (Wildman–Crippen LogP) is 3.88. The lowest BCUT2D eigenvalue weighted by molar-refractivity contribution is 0.396. The Labute approximate surface area is 173 Å². The number of aryl methyl sites for hydroxylation is 1. The summed E-state index contributed by atoms with van der Waals surface area (Å²) < 4.78 is 5.15. The van der Waals surface area contributed by atoms with Crippen LogP contribution in [-0.2, 0) is 6.54 Å². The number of halogens is 1. The summed E-state index contributed by atoms with van der Waals surface area (Å²) in [4.78, 5) is 9.00. The van der Waals surface area contributed by atoms with E-state index in [-0.39, 0.29) is 24.0 Å². The number of aromatic nitrogens is 1. The largest absolute Gasteiger partial charge is 0.481 e. The van der Waals surface area contributed by atoms with Crippen LogP contribution in [0.5, 0.6) is 5.88 Å². The van der Waals surface area contributed by atoms with E-state index in [2.05, 4.69) is 65.6 Å². The highest BCUT2D eigenvalue weighted by molar-refractivity contribution is 14.0. The van der Waals surface area contributed by atoms with Crippen LogP contribution in [0.3, 0.4) is 0 Å². The third-order valence-electron chi connectivity index (χ3n) is 3.96. The summed E-state index contributed by atoms with van der Waals surface area (Å²) >= 11 is 0. The van der Waals surface area contributed by atoms with Crippen LogP contribution in [0.4, 0.5) is 0 Å². The van der Waals surface area contributed by atoms with E-state index < -0.39 is 0 Å². The summed E-state index contributed by atoms with van der Waals surface area (Å²) in [6.07, 6.45) is 0. The molecular formula is C20H29IN4O. The molecule has 142 valence electrons. The summed E-state index contributed by atoms with van der Waals surface area (Å²) in [5, 5.41) is 6.69. The van der Waals surface area contributed by atoms with Crippen LogP contribution in [0.25, 0.3) is 0 Å². The van der Waals surface area contributed by atoms with Gasteiger partial charge in [0, 0.05) is 19.2 Å². The smallest absolute Gasteiger partial charge is 0.213 e. The molecule has 26 heavy (non-hydrogen) atoms. The molecule has 1 unspecified atom stereocenters. The molecule has 0 saturated carbocycles. The molecule has 0 saturated heterocycles. The van der Waals surface area contributed by atoms with Gasteiger partial charge in [-0.3, -0.25) is 0 Å². The first-order valence-corrected chi connectivity index (χ1v) is 8.71. The van der Waals surface area contributed by atoms with Gasteiger partial charge in [0.1, 0.15) is 0 Å². The maximum absolute atomic E-state index is 5.15. The zero-order valence-corrected chi connectivity index (χ0v) is 18.3. The number of methoxy groups -OCH3 is 1. The minimum atomic E-state index is 0. The van der Waals surface area contributed by atoms with Gasteiger partial charge in [-0.05, 0) is 31.4 Å². The maximum atomic E-state index is 5.15. The number of benzene rings is 1. The number of guanidine groups is 1. The van der Waals surface area contributed by atoms with Gasteiger partial charge in [0.05, 0.1) is 19.3 Å². The predicted molar refractivity (Wildman–Crippen MR) is 119 cm³/mol. The molecule has 0 radical (unpaired) electrons. The topological polar surface area (TPSA) is 58.5 Å². The first kappa shape index (κ1) is 22.2. The second kappa shape index (κ2) is 11.7. The van der Waals surface area contributed by atoms with Gasteiger partial charge < -0.3 is 15.4 Å². The minimum absolute atomic E-state index is 0. The van der Waals surface area contributed by atoms with Crippen LogP contribution in [-0.4, -0.2) is 31.1 Å². The Kier molecular flexibility index (Phi) is 10.0. The Morgan fingerprint density at radius 3 is 2.54 bits per heavy atom. The molecular weight excluding hydrogens is 439 g/mol. The van der Waals surface area contributed by atoms with Gasteiger partial charge in [0.2, 0.25) is 5.88 Å². The molecule has 0 amide bonds. The average molecular weight is 468 g/mol. The van der Waals surface area contributed by atoms with E-state index in [9.17, 15) is 0 Å². The monoisotopic (exact) mass is 468 g/mol. The molecule has 1 heterocycles. The fourth-order valence-corrected chi connectivity index (χ4v) is 2.42. The minimum Gasteiger partial charge on any atom is -0.481 e. The lowest BCUT2D eigenvalue weighted by atomic mass is 10.0. The van der Waals surface area contributed by atoms with E-state index in [0.29, 0.717) is 18.3 Å². The zero-order chi connectivity index (χ0) is 18.1. The quantitative estimate of drug-likeness (QED) is 0.368. The van der Waals surface area contributed by atoms with Crippen molar-refractivity contribution in [2.45, 2.75) is 33.2 Å². The molecule has 1 atom stereocenters. The Hall–Kier alpha value is -1.83. The van der Waals surface area contributed by atoms with Gasteiger partial charge in [-0.2, -0.15) is 0 Å². The third-order valence-corrected chi connectivity index (χ3v) is 3.96. The Morgan fingerprint density at radius 1 is 1.15 bits per heavy atom. The SMILES string of the molecule is CCNC(=NCc1cccc(OC)n1)NCC(C)c1ccc(C)cc1.I. The van der Waals surface area contributed by atoms with Crippen LogP contribution in [0.15, 0.2) is 47.5 Å². The molecule has 1 aromatic heterocycles. The van der Waals surface area contributed by atoms with E-state index in [1.807, 2.05) is 18.2 Å². The van der Waals surface area contributed by atoms with Crippen LogP contribution in [0.1, 0.15) is 36.6 Å². The van der Waals surface area contributed by atoms with E-state index in [1.54, 1.807) is 7.11 Å². The number of rotatable bonds is 7. The van der Waals surface area contributed by atoms with Crippen LogP contribution in [0, 0.1) is 6.92 Å². The van der Waals surface area contributed by atoms with Crippen molar-refractivity contribution in [3.8, 4) is 5.88 Å². The lowest BCUT2D eigenvalue weighted by Crippen LogP contribution is -2.39. The number of hydrogen-bond acceptors (Lipinski definition) is 3. The fraction of sp³-hybridized carbons (Fsp3) is 0.400. The van der Waals surface area contributed by atoms with E-state index in [1.165, 1.54) is 11.1 Å². The van der Waals surface area contributed by atoms with E-state index in [4.69, 9.17) is 4.74 Å². The van der Waals surface area contributed by atoms with Crippen molar-refractivity contribution < 1.29 is 4.74 Å². The number of hydrogen-bond donors (Lipinski definition) is 2. The average Bonchev–Trinajstić information content (AvgIpc) is 2.64. The molecule has 5 nitrogen and oxygen atoms in total. The molecule has 0 bridgehead atoms. The van der Waals surface area contributed by atoms with Crippen molar-refractivity contribution in [2.75, 3.05) is 20.2 Å². The third kappa shape index (κ3) is 7.19. The molecule has 0 spiro atoms. The summed E-state index contributed by atoms with van der Waals surface area (Å²) in [7, 11) is 1.62. The molecule has 0 fully saturated rings. The summed E-state index contributed by atoms with van der Waals surface area (Å²) in [5.74, 6) is 1.81. The highest BCUT2D eigenvalue weighted by Gasteiger charge is 2.07. The number of nitrogens with one attached hydrogen (secondary N) is 2. The van der Waals surface area contributed by atoms with Crippen LogP contribution >= 0.6 is 24.0 Å². The highest BCUT2D eigenvalue weighted by atomic mass is 127. The van der Waals surface area contributed by atoms with Gasteiger partial charge in [0.15, 0.2) is 5.96 Å². The number of nitrogens with zero attached hydrogens (tertiary/aromatic N) is 2. The summed E-state index contributed by atoms with van der Waals surface area (Å²) in [5.41, 5.74) is 3.48. The first-order valence-electron chi connectivity index (χ1n) is 8.71. The molecule has 1 aromatic carbocycles. The van der Waals surface area contributed by atoms with Crippen LogP contribution in [0.2, 0.25) is 0 Å². The zero-order valence-electron chi connectivity index (χ0n) is 16.0. The Bertz CT molecular complexity index is 688. The number of aliphatic imine (C=N–C) groups is 1. The second-order valence-electron chi connectivity index (χ2n) is 6.06. The van der Waals surface area contributed by atoms with Crippen molar-refractivity contribution >= 4 is 29.9 Å². The molecule has 2 N–H and O–H groups in total.